The van der Waals surface area contributed by atoms with Crippen LogP contribution in [-0.2, 0) is 4.79 Å². The van der Waals surface area contributed by atoms with Crippen molar-refractivity contribution in [3.8, 4) is 0 Å². The molecule has 0 spiro atoms. The van der Waals surface area contributed by atoms with E-state index < -0.39 is 0 Å². The first-order valence-corrected chi connectivity index (χ1v) is 9.58. The van der Waals surface area contributed by atoms with E-state index in [1.807, 2.05) is 25.1 Å². The van der Waals surface area contributed by atoms with Crippen LogP contribution in [0.5, 0.6) is 0 Å². The Bertz CT molecular complexity index is 538. The van der Waals surface area contributed by atoms with Crippen molar-refractivity contribution < 1.29 is 4.79 Å². The van der Waals surface area contributed by atoms with Gasteiger partial charge < -0.3 is 16.0 Å². The molecule has 138 valence electrons. The van der Waals surface area contributed by atoms with E-state index in [4.69, 9.17) is 0 Å². The zero-order chi connectivity index (χ0) is 17.9. The van der Waals surface area contributed by atoms with Crippen LogP contribution in [-0.4, -0.2) is 31.0 Å². The van der Waals surface area contributed by atoms with Crippen molar-refractivity contribution in [1.82, 2.24) is 16.0 Å². The van der Waals surface area contributed by atoms with Crippen molar-refractivity contribution in [2.75, 3.05) is 13.1 Å². The summed E-state index contributed by atoms with van der Waals surface area (Å²) in [6.07, 6.45) is 6.44. The highest BCUT2D eigenvalue weighted by Gasteiger charge is 2.15. The monoisotopic (exact) mass is 344 g/mol. The fourth-order valence-electron chi connectivity index (χ4n) is 3.17. The van der Waals surface area contributed by atoms with Gasteiger partial charge in [0.2, 0.25) is 5.91 Å². The van der Waals surface area contributed by atoms with Gasteiger partial charge in [0.25, 0.3) is 0 Å². The lowest BCUT2D eigenvalue weighted by Crippen LogP contribution is -2.39. The summed E-state index contributed by atoms with van der Waals surface area (Å²) in [4.78, 5) is 16.6. The van der Waals surface area contributed by atoms with E-state index in [1.54, 1.807) is 0 Å². The number of benzene rings is 1. The van der Waals surface area contributed by atoms with Gasteiger partial charge in [0.15, 0.2) is 5.96 Å². The first-order chi connectivity index (χ1) is 12.2. The molecule has 5 nitrogen and oxygen atoms in total. The molecule has 1 saturated carbocycles. The quantitative estimate of drug-likeness (QED) is 0.526. The smallest absolute Gasteiger partial charge is 0.222 e. The number of nitrogens with one attached hydrogen (secondary N) is 3. The normalized spacial score (nSPS) is 17.0. The molecule has 0 saturated heterocycles. The Kier molecular flexibility index (Phi) is 8.29. The molecule has 2 rings (SSSR count). The molecule has 1 amide bonds. The van der Waals surface area contributed by atoms with Gasteiger partial charge >= 0.3 is 0 Å². The van der Waals surface area contributed by atoms with Crippen LogP contribution in [0.1, 0.15) is 64.0 Å². The van der Waals surface area contributed by atoms with E-state index in [0.717, 1.165) is 25.3 Å². The molecule has 5 heteroatoms. The van der Waals surface area contributed by atoms with Crippen LogP contribution < -0.4 is 16.0 Å². The fourth-order valence-corrected chi connectivity index (χ4v) is 3.17. The molecule has 0 radical (unpaired) electrons. The zero-order valence-electron chi connectivity index (χ0n) is 15.6. The molecular formula is C20H32N4O. The number of aliphatic imine (C=N–C) groups is 1. The summed E-state index contributed by atoms with van der Waals surface area (Å²) in [7, 11) is 0. The minimum absolute atomic E-state index is 0.114. The Morgan fingerprint density at radius 2 is 1.92 bits per heavy atom. The molecule has 0 heterocycles. The van der Waals surface area contributed by atoms with E-state index in [9.17, 15) is 4.79 Å². The van der Waals surface area contributed by atoms with Crippen LogP contribution in [0.2, 0.25) is 0 Å². The number of guanidine groups is 1. The van der Waals surface area contributed by atoms with Crippen LogP contribution >= 0.6 is 0 Å². The Morgan fingerprint density at radius 1 is 1.20 bits per heavy atom. The maximum atomic E-state index is 12.1. The van der Waals surface area contributed by atoms with Crippen molar-refractivity contribution >= 4 is 11.9 Å². The van der Waals surface area contributed by atoms with Gasteiger partial charge in [0.1, 0.15) is 0 Å². The molecule has 0 aliphatic heterocycles. The topological polar surface area (TPSA) is 65.5 Å². The van der Waals surface area contributed by atoms with E-state index >= 15 is 0 Å². The second kappa shape index (κ2) is 10.7. The predicted octanol–water partition coefficient (Wildman–Crippen LogP) is 3.14. The van der Waals surface area contributed by atoms with E-state index in [2.05, 4.69) is 40.0 Å². The predicted molar refractivity (Wildman–Crippen MR) is 104 cm³/mol. The van der Waals surface area contributed by atoms with Gasteiger partial charge in [-0.1, -0.05) is 49.6 Å². The molecule has 1 aromatic rings. The van der Waals surface area contributed by atoms with Crippen LogP contribution in [0.15, 0.2) is 35.3 Å². The first kappa shape index (κ1) is 19.3. The third kappa shape index (κ3) is 7.16. The van der Waals surface area contributed by atoms with E-state index in [0.29, 0.717) is 19.0 Å². The fraction of sp³-hybridized carbons (Fsp3) is 0.600. The molecule has 1 atom stereocenters. The average molecular weight is 345 g/mol. The van der Waals surface area contributed by atoms with Crippen molar-refractivity contribution in [2.45, 2.75) is 64.5 Å². The number of amides is 1. The molecule has 0 aromatic heterocycles. The van der Waals surface area contributed by atoms with Crippen LogP contribution in [0.3, 0.4) is 0 Å². The number of nitrogens with zero attached hydrogens (tertiary/aromatic N) is 1. The summed E-state index contributed by atoms with van der Waals surface area (Å²) in [5.74, 6) is 0.868. The SMILES string of the molecule is CCNC(=NCCC(=O)NC1CCCCC1)NC(C)c1ccccc1. The van der Waals surface area contributed by atoms with Gasteiger partial charge in [-0.2, -0.15) is 0 Å². The minimum Gasteiger partial charge on any atom is -0.357 e. The number of carbonyl (C=O) groups excluding carboxylic acids is 1. The maximum Gasteiger partial charge on any atom is 0.222 e. The Balaban J connectivity index is 1.79. The largest absolute Gasteiger partial charge is 0.357 e. The van der Waals surface area contributed by atoms with Crippen molar-refractivity contribution in [3.05, 3.63) is 35.9 Å². The van der Waals surface area contributed by atoms with Crippen LogP contribution in [0.25, 0.3) is 0 Å². The standard InChI is InChI=1S/C20H32N4O/c1-3-21-20(23-16(2)17-10-6-4-7-11-17)22-15-14-19(25)24-18-12-8-5-9-13-18/h4,6-7,10-11,16,18H,3,5,8-9,12-15H2,1-2H3,(H,24,25)(H2,21,22,23). The molecule has 25 heavy (non-hydrogen) atoms. The number of hydrogen-bond donors (Lipinski definition) is 3. The molecule has 1 aliphatic carbocycles. The molecule has 1 fully saturated rings. The Hall–Kier alpha value is -2.04. The Labute approximate surface area is 151 Å². The van der Waals surface area contributed by atoms with Gasteiger partial charge in [0.05, 0.1) is 12.6 Å². The number of hydrogen-bond acceptors (Lipinski definition) is 2. The zero-order valence-corrected chi connectivity index (χ0v) is 15.6. The van der Waals surface area contributed by atoms with Crippen molar-refractivity contribution in [1.29, 1.82) is 0 Å². The maximum absolute atomic E-state index is 12.1. The number of carbonyl (C=O) groups is 1. The molecule has 0 bridgehead atoms. The lowest BCUT2D eigenvalue weighted by molar-refractivity contribution is -0.121. The van der Waals surface area contributed by atoms with Gasteiger partial charge in [-0.3, -0.25) is 9.79 Å². The van der Waals surface area contributed by atoms with Crippen LogP contribution in [0.4, 0.5) is 0 Å². The van der Waals surface area contributed by atoms with Crippen LogP contribution in [0, 0.1) is 0 Å². The summed E-state index contributed by atoms with van der Waals surface area (Å²) >= 11 is 0. The summed E-state index contributed by atoms with van der Waals surface area (Å²) in [6.45, 7) is 5.44. The highest BCUT2D eigenvalue weighted by molar-refractivity contribution is 5.81. The van der Waals surface area contributed by atoms with Crippen molar-refractivity contribution in [3.63, 3.8) is 0 Å². The molecule has 1 unspecified atom stereocenters. The second-order valence-corrected chi connectivity index (χ2v) is 6.69. The summed E-state index contributed by atoms with van der Waals surface area (Å²) in [5, 5.41) is 9.78. The van der Waals surface area contributed by atoms with Gasteiger partial charge in [-0.05, 0) is 32.3 Å². The Morgan fingerprint density at radius 3 is 2.60 bits per heavy atom. The van der Waals surface area contributed by atoms with E-state index in [-0.39, 0.29) is 11.9 Å². The average Bonchev–Trinajstić information content (AvgIpc) is 2.63. The number of rotatable bonds is 7. The third-order valence-electron chi connectivity index (χ3n) is 4.58. The highest BCUT2D eigenvalue weighted by Crippen LogP contribution is 2.17. The lowest BCUT2D eigenvalue weighted by atomic mass is 9.95. The lowest BCUT2D eigenvalue weighted by Gasteiger charge is -2.22. The summed E-state index contributed by atoms with van der Waals surface area (Å²) < 4.78 is 0. The highest BCUT2D eigenvalue weighted by atomic mass is 16.1. The van der Waals surface area contributed by atoms with E-state index in [1.165, 1.54) is 24.8 Å². The molecule has 1 aliphatic rings. The van der Waals surface area contributed by atoms with Crippen molar-refractivity contribution in [2.24, 2.45) is 4.99 Å². The van der Waals surface area contributed by atoms with Gasteiger partial charge in [-0.25, -0.2) is 0 Å². The summed E-state index contributed by atoms with van der Waals surface area (Å²) in [5.41, 5.74) is 1.21. The second-order valence-electron chi connectivity index (χ2n) is 6.69. The molecule has 1 aromatic carbocycles. The van der Waals surface area contributed by atoms with Gasteiger partial charge in [-0.15, -0.1) is 0 Å². The third-order valence-corrected chi connectivity index (χ3v) is 4.58. The summed E-state index contributed by atoms with van der Waals surface area (Å²) in [6, 6.07) is 10.8. The van der Waals surface area contributed by atoms with Gasteiger partial charge in [0, 0.05) is 19.0 Å². The first-order valence-electron chi connectivity index (χ1n) is 9.58. The molecule has 3 N–H and O–H groups in total. The molecular weight excluding hydrogens is 312 g/mol. The minimum atomic E-state index is 0.114.